The van der Waals surface area contributed by atoms with Crippen LogP contribution in [0.4, 0.5) is 0 Å². The Morgan fingerprint density at radius 3 is 1.88 bits per heavy atom. The van der Waals surface area contributed by atoms with E-state index in [0.29, 0.717) is 6.42 Å². The van der Waals surface area contributed by atoms with Crippen LogP contribution < -0.4 is 0 Å². The van der Waals surface area contributed by atoms with Gasteiger partial charge in [0.1, 0.15) is 0 Å². The second-order valence-corrected chi connectivity index (χ2v) is 3.43. The van der Waals surface area contributed by atoms with Crippen LogP contribution >= 0.6 is 0 Å². The van der Waals surface area contributed by atoms with Crippen molar-refractivity contribution in [2.75, 3.05) is 0 Å². The van der Waals surface area contributed by atoms with E-state index in [2.05, 4.69) is 6.92 Å². The SMILES string of the molecule is CC(=O)O.CC=C(CCC)C(CC)C(=O)O. The Balaban J connectivity index is 0. The fraction of sp³-hybridized carbons (Fsp3) is 0.667. The van der Waals surface area contributed by atoms with Gasteiger partial charge in [0.25, 0.3) is 5.97 Å². The zero-order valence-electron chi connectivity index (χ0n) is 10.5. The van der Waals surface area contributed by atoms with Crippen molar-refractivity contribution in [2.45, 2.75) is 47.0 Å². The molecule has 16 heavy (non-hydrogen) atoms. The number of carboxylic acid groups (broad SMARTS) is 2. The molecule has 0 aromatic carbocycles. The Morgan fingerprint density at radius 1 is 1.25 bits per heavy atom. The predicted molar refractivity (Wildman–Crippen MR) is 63.4 cm³/mol. The number of rotatable bonds is 5. The van der Waals surface area contributed by atoms with Gasteiger partial charge in [-0.25, -0.2) is 0 Å². The van der Waals surface area contributed by atoms with Crippen molar-refractivity contribution < 1.29 is 19.8 Å². The number of carbonyl (C=O) groups is 2. The average Bonchev–Trinajstić information content (AvgIpc) is 2.16. The Hall–Kier alpha value is -1.32. The fourth-order valence-electron chi connectivity index (χ4n) is 1.40. The summed E-state index contributed by atoms with van der Waals surface area (Å²) in [6.07, 6.45) is 4.55. The van der Waals surface area contributed by atoms with Gasteiger partial charge in [-0.3, -0.25) is 9.59 Å². The van der Waals surface area contributed by atoms with E-state index in [1.54, 1.807) is 0 Å². The molecular weight excluding hydrogens is 208 g/mol. The Morgan fingerprint density at radius 2 is 1.69 bits per heavy atom. The van der Waals surface area contributed by atoms with Gasteiger partial charge in [-0.1, -0.05) is 31.9 Å². The Kier molecular flexibility index (Phi) is 10.9. The van der Waals surface area contributed by atoms with Crippen LogP contribution in [-0.2, 0) is 9.59 Å². The smallest absolute Gasteiger partial charge is 0.310 e. The van der Waals surface area contributed by atoms with E-state index < -0.39 is 11.9 Å². The molecule has 1 unspecified atom stereocenters. The van der Waals surface area contributed by atoms with E-state index in [9.17, 15) is 4.79 Å². The molecule has 0 fully saturated rings. The molecule has 0 amide bonds. The average molecular weight is 230 g/mol. The molecule has 0 aromatic rings. The molecule has 0 bridgehead atoms. The zero-order valence-corrected chi connectivity index (χ0v) is 10.5. The van der Waals surface area contributed by atoms with Gasteiger partial charge in [-0.05, 0) is 19.8 Å². The maximum Gasteiger partial charge on any atom is 0.310 e. The molecule has 0 aromatic heterocycles. The quantitative estimate of drug-likeness (QED) is 0.712. The molecule has 4 nitrogen and oxygen atoms in total. The van der Waals surface area contributed by atoms with E-state index >= 15 is 0 Å². The monoisotopic (exact) mass is 230 g/mol. The van der Waals surface area contributed by atoms with Crippen LogP contribution in [0.1, 0.15) is 47.0 Å². The fourth-order valence-corrected chi connectivity index (χ4v) is 1.40. The van der Waals surface area contributed by atoms with E-state index in [1.807, 2.05) is 19.9 Å². The van der Waals surface area contributed by atoms with Crippen molar-refractivity contribution in [1.82, 2.24) is 0 Å². The highest BCUT2D eigenvalue weighted by molar-refractivity contribution is 5.73. The highest BCUT2D eigenvalue weighted by Gasteiger charge is 2.18. The van der Waals surface area contributed by atoms with E-state index in [-0.39, 0.29) is 5.92 Å². The summed E-state index contributed by atoms with van der Waals surface area (Å²) >= 11 is 0. The topological polar surface area (TPSA) is 74.6 Å². The van der Waals surface area contributed by atoms with Gasteiger partial charge in [-0.15, -0.1) is 0 Å². The summed E-state index contributed by atoms with van der Waals surface area (Å²) in [4.78, 5) is 19.8. The third-order valence-electron chi connectivity index (χ3n) is 2.06. The van der Waals surface area contributed by atoms with Gasteiger partial charge >= 0.3 is 5.97 Å². The normalized spacial score (nSPS) is 12.4. The van der Waals surface area contributed by atoms with Crippen molar-refractivity contribution in [3.8, 4) is 0 Å². The van der Waals surface area contributed by atoms with E-state index in [4.69, 9.17) is 15.0 Å². The molecule has 2 N–H and O–H groups in total. The molecule has 4 heteroatoms. The molecule has 0 aliphatic carbocycles. The second kappa shape index (κ2) is 10.2. The van der Waals surface area contributed by atoms with E-state index in [1.165, 1.54) is 0 Å². The summed E-state index contributed by atoms with van der Waals surface area (Å²) in [5, 5.41) is 16.3. The van der Waals surface area contributed by atoms with Gasteiger partial charge in [0, 0.05) is 6.92 Å². The first-order chi connectivity index (χ1) is 7.40. The van der Waals surface area contributed by atoms with Crippen molar-refractivity contribution >= 4 is 11.9 Å². The van der Waals surface area contributed by atoms with Gasteiger partial charge in [-0.2, -0.15) is 0 Å². The largest absolute Gasteiger partial charge is 0.481 e. The van der Waals surface area contributed by atoms with Crippen LogP contribution in [0.25, 0.3) is 0 Å². The minimum Gasteiger partial charge on any atom is -0.481 e. The molecular formula is C12H22O4. The lowest BCUT2D eigenvalue weighted by atomic mass is 9.93. The molecule has 0 aliphatic heterocycles. The van der Waals surface area contributed by atoms with Crippen LogP contribution in [0.15, 0.2) is 11.6 Å². The third-order valence-corrected chi connectivity index (χ3v) is 2.06. The summed E-state index contributed by atoms with van der Waals surface area (Å²) in [5.74, 6) is -1.80. The molecule has 1 atom stereocenters. The lowest BCUT2D eigenvalue weighted by Gasteiger charge is -2.13. The van der Waals surface area contributed by atoms with Gasteiger partial charge in [0.15, 0.2) is 0 Å². The summed E-state index contributed by atoms with van der Waals surface area (Å²) in [6, 6.07) is 0. The third kappa shape index (κ3) is 9.24. The molecule has 0 rings (SSSR count). The second-order valence-electron chi connectivity index (χ2n) is 3.43. The molecule has 0 saturated heterocycles. The number of allylic oxidation sites excluding steroid dienone is 1. The molecule has 0 saturated carbocycles. The highest BCUT2D eigenvalue weighted by Crippen LogP contribution is 2.19. The molecule has 0 spiro atoms. The first kappa shape index (κ1) is 17.1. The minimum atomic E-state index is -0.833. The summed E-state index contributed by atoms with van der Waals surface area (Å²) in [5.41, 5.74) is 1.06. The molecule has 94 valence electrons. The van der Waals surface area contributed by atoms with Crippen LogP contribution in [0.2, 0.25) is 0 Å². The zero-order chi connectivity index (χ0) is 13.1. The van der Waals surface area contributed by atoms with Crippen LogP contribution in [0.3, 0.4) is 0 Å². The highest BCUT2D eigenvalue weighted by atomic mass is 16.4. The maximum atomic E-state index is 10.8. The summed E-state index contributed by atoms with van der Waals surface area (Å²) in [6.45, 7) is 6.98. The number of carboxylic acids is 2. The molecule has 0 radical (unpaired) electrons. The summed E-state index contributed by atoms with van der Waals surface area (Å²) in [7, 11) is 0. The van der Waals surface area contributed by atoms with Gasteiger partial charge in [0.2, 0.25) is 0 Å². The summed E-state index contributed by atoms with van der Waals surface area (Å²) < 4.78 is 0. The van der Waals surface area contributed by atoms with Gasteiger partial charge in [0.05, 0.1) is 5.92 Å². The maximum absolute atomic E-state index is 10.8. The predicted octanol–water partition coefficient (Wildman–Crippen LogP) is 2.93. The van der Waals surface area contributed by atoms with Crippen molar-refractivity contribution in [2.24, 2.45) is 5.92 Å². The van der Waals surface area contributed by atoms with Crippen molar-refractivity contribution in [1.29, 1.82) is 0 Å². The van der Waals surface area contributed by atoms with Gasteiger partial charge < -0.3 is 10.2 Å². The Labute approximate surface area is 97.0 Å². The van der Waals surface area contributed by atoms with Crippen molar-refractivity contribution in [3.05, 3.63) is 11.6 Å². The van der Waals surface area contributed by atoms with Crippen molar-refractivity contribution in [3.63, 3.8) is 0 Å². The standard InChI is InChI=1S/C10H18O2.C2H4O2/c1-4-7-8(5-2)9(6-3)10(11)12;1-2(3)4/h5,9H,4,6-7H2,1-3H3,(H,11,12);1H3,(H,3,4). The first-order valence-corrected chi connectivity index (χ1v) is 5.47. The van der Waals surface area contributed by atoms with Crippen LogP contribution in [0, 0.1) is 5.92 Å². The van der Waals surface area contributed by atoms with Crippen LogP contribution in [-0.4, -0.2) is 22.2 Å². The molecule has 0 aliphatic rings. The minimum absolute atomic E-state index is 0.269. The number of hydrogen-bond acceptors (Lipinski definition) is 2. The van der Waals surface area contributed by atoms with E-state index in [0.717, 1.165) is 25.3 Å². The van der Waals surface area contributed by atoms with Crippen LogP contribution in [0.5, 0.6) is 0 Å². The number of hydrogen-bond donors (Lipinski definition) is 2. The lowest BCUT2D eigenvalue weighted by Crippen LogP contribution is -2.15. The first-order valence-electron chi connectivity index (χ1n) is 5.47. The molecule has 0 heterocycles. The lowest BCUT2D eigenvalue weighted by molar-refractivity contribution is -0.140. The Bertz CT molecular complexity index is 239. The number of aliphatic carboxylic acids is 2.